The van der Waals surface area contributed by atoms with Crippen LogP contribution in [0.3, 0.4) is 0 Å². The van der Waals surface area contributed by atoms with Gasteiger partial charge in [-0.05, 0) is 29.3 Å². The molecule has 1 atom stereocenters. The normalized spacial score (nSPS) is 15.1. The minimum atomic E-state index is -0.707. The van der Waals surface area contributed by atoms with E-state index in [1.807, 2.05) is 42.5 Å². The maximum atomic E-state index is 13.7. The summed E-state index contributed by atoms with van der Waals surface area (Å²) in [4.78, 5) is 19.0. The van der Waals surface area contributed by atoms with Crippen LogP contribution in [-0.4, -0.2) is 31.2 Å². The van der Waals surface area contributed by atoms with E-state index in [9.17, 15) is 9.18 Å². The van der Waals surface area contributed by atoms with E-state index < -0.39 is 17.8 Å². The van der Waals surface area contributed by atoms with Gasteiger partial charge in [0.25, 0.3) is 6.01 Å². The molecule has 7 nitrogen and oxygen atoms in total. The molecule has 1 aliphatic heterocycles. The Bertz CT molecular complexity index is 1340. The van der Waals surface area contributed by atoms with Crippen LogP contribution in [0.1, 0.15) is 16.7 Å². The second kappa shape index (κ2) is 9.05. The zero-order valence-corrected chi connectivity index (χ0v) is 18.8. The number of carbonyl (C=O) groups excluding carboxylic acids is 1. The predicted octanol–water partition coefficient (Wildman–Crippen LogP) is 4.66. The molecular formula is C26H23FN2O5. The topological polar surface area (TPSA) is 74.0 Å². The molecule has 1 aliphatic rings. The highest BCUT2D eigenvalue weighted by atomic mass is 19.1. The van der Waals surface area contributed by atoms with Crippen LogP contribution < -0.4 is 14.4 Å². The Kier molecular flexibility index (Phi) is 5.79. The number of oxazole rings is 1. The number of carbonyl (C=O) groups is 1. The molecule has 1 unspecified atom stereocenters. The van der Waals surface area contributed by atoms with E-state index >= 15 is 0 Å². The van der Waals surface area contributed by atoms with Gasteiger partial charge < -0.3 is 23.5 Å². The molecule has 0 amide bonds. The van der Waals surface area contributed by atoms with E-state index in [4.69, 9.17) is 18.6 Å². The molecule has 0 aliphatic carbocycles. The van der Waals surface area contributed by atoms with E-state index in [1.165, 1.54) is 19.2 Å². The quantitative estimate of drug-likeness (QED) is 0.386. The lowest BCUT2D eigenvalue weighted by Gasteiger charge is -2.35. The number of fused-ring (bicyclic) bond motifs is 2. The number of benzene rings is 3. The van der Waals surface area contributed by atoms with Crippen molar-refractivity contribution in [2.24, 2.45) is 0 Å². The van der Waals surface area contributed by atoms with Gasteiger partial charge in [-0.3, -0.25) is 0 Å². The first kappa shape index (κ1) is 21.8. The van der Waals surface area contributed by atoms with Crippen LogP contribution in [0.4, 0.5) is 10.4 Å². The highest BCUT2D eigenvalue weighted by Gasteiger charge is 2.37. The van der Waals surface area contributed by atoms with Gasteiger partial charge in [-0.25, -0.2) is 9.18 Å². The van der Waals surface area contributed by atoms with Crippen LogP contribution in [0.25, 0.3) is 11.1 Å². The molecule has 0 radical (unpaired) electrons. The number of ether oxygens (including phenoxy) is 3. The SMILES string of the molecule is COC(=O)C1Cc2c(ccc(OC)c2OCc2ccccc2)CN1c1nc2ccc(F)cc2o1. The molecule has 3 aromatic carbocycles. The summed E-state index contributed by atoms with van der Waals surface area (Å²) >= 11 is 0. The van der Waals surface area contributed by atoms with Gasteiger partial charge in [0, 0.05) is 24.6 Å². The van der Waals surface area contributed by atoms with Crippen LogP contribution >= 0.6 is 0 Å². The average molecular weight is 462 g/mol. The van der Waals surface area contributed by atoms with Gasteiger partial charge in [0.05, 0.1) is 14.2 Å². The average Bonchev–Trinajstić information content (AvgIpc) is 3.29. The summed E-state index contributed by atoms with van der Waals surface area (Å²) in [7, 11) is 2.93. The van der Waals surface area contributed by atoms with E-state index in [-0.39, 0.29) is 6.01 Å². The summed E-state index contributed by atoms with van der Waals surface area (Å²) in [5.41, 5.74) is 3.64. The highest BCUT2D eigenvalue weighted by molar-refractivity contribution is 5.82. The fourth-order valence-electron chi connectivity index (χ4n) is 4.22. The van der Waals surface area contributed by atoms with Crippen molar-refractivity contribution >= 4 is 23.1 Å². The molecule has 0 fully saturated rings. The fourth-order valence-corrected chi connectivity index (χ4v) is 4.22. The molecule has 1 aromatic heterocycles. The lowest BCUT2D eigenvalue weighted by Crippen LogP contribution is -2.46. The minimum Gasteiger partial charge on any atom is -0.493 e. The van der Waals surface area contributed by atoms with Crippen molar-refractivity contribution in [1.29, 1.82) is 0 Å². The number of rotatable bonds is 6. The van der Waals surface area contributed by atoms with Crippen molar-refractivity contribution in [3.63, 3.8) is 0 Å². The lowest BCUT2D eigenvalue weighted by atomic mass is 9.92. The second-order valence-corrected chi connectivity index (χ2v) is 7.99. The number of hydrogen-bond acceptors (Lipinski definition) is 7. The summed E-state index contributed by atoms with van der Waals surface area (Å²) in [6, 6.07) is 17.3. The van der Waals surface area contributed by atoms with Crippen molar-refractivity contribution in [3.8, 4) is 11.5 Å². The maximum Gasteiger partial charge on any atom is 0.329 e. The third-order valence-electron chi connectivity index (χ3n) is 5.94. The molecule has 34 heavy (non-hydrogen) atoms. The van der Waals surface area contributed by atoms with E-state index in [0.29, 0.717) is 42.2 Å². The molecule has 174 valence electrons. The number of halogens is 1. The number of aromatic nitrogens is 1. The van der Waals surface area contributed by atoms with Gasteiger partial charge in [-0.15, -0.1) is 0 Å². The van der Waals surface area contributed by atoms with E-state index in [1.54, 1.807) is 18.1 Å². The maximum absolute atomic E-state index is 13.7. The number of nitrogens with zero attached hydrogens (tertiary/aromatic N) is 2. The van der Waals surface area contributed by atoms with Gasteiger partial charge in [-0.1, -0.05) is 36.4 Å². The highest BCUT2D eigenvalue weighted by Crippen LogP contribution is 2.40. The molecule has 0 saturated heterocycles. The summed E-state index contributed by atoms with van der Waals surface area (Å²) in [6.45, 7) is 0.688. The number of esters is 1. The molecule has 5 rings (SSSR count). The first-order valence-corrected chi connectivity index (χ1v) is 10.8. The lowest BCUT2D eigenvalue weighted by molar-refractivity contribution is -0.142. The number of methoxy groups -OCH3 is 2. The predicted molar refractivity (Wildman–Crippen MR) is 123 cm³/mol. The van der Waals surface area contributed by atoms with Gasteiger partial charge in [-0.2, -0.15) is 4.98 Å². The summed E-state index contributed by atoms with van der Waals surface area (Å²) in [5, 5.41) is 0. The Morgan fingerprint density at radius 1 is 1.15 bits per heavy atom. The van der Waals surface area contributed by atoms with Crippen molar-refractivity contribution < 1.29 is 27.8 Å². The molecule has 0 spiro atoms. The third kappa shape index (κ3) is 4.03. The number of hydrogen-bond donors (Lipinski definition) is 0. The Labute approximate surface area is 195 Å². The molecule has 4 aromatic rings. The molecule has 8 heteroatoms. The Balaban J connectivity index is 1.53. The molecule has 2 heterocycles. The summed E-state index contributed by atoms with van der Waals surface area (Å²) in [5.74, 6) is 0.327. The molecule has 0 N–H and O–H groups in total. The zero-order valence-electron chi connectivity index (χ0n) is 18.8. The van der Waals surface area contributed by atoms with Crippen molar-refractivity contribution in [2.45, 2.75) is 25.6 Å². The van der Waals surface area contributed by atoms with Crippen LogP contribution in [0.15, 0.2) is 65.1 Å². The van der Waals surface area contributed by atoms with Crippen LogP contribution in [0.5, 0.6) is 11.5 Å². The first-order valence-electron chi connectivity index (χ1n) is 10.8. The van der Waals surface area contributed by atoms with Crippen molar-refractivity contribution in [1.82, 2.24) is 4.98 Å². The van der Waals surface area contributed by atoms with Crippen LogP contribution in [0.2, 0.25) is 0 Å². The smallest absolute Gasteiger partial charge is 0.329 e. The number of anilines is 1. The van der Waals surface area contributed by atoms with E-state index in [2.05, 4.69) is 4.98 Å². The third-order valence-corrected chi connectivity index (χ3v) is 5.94. The first-order chi connectivity index (χ1) is 16.6. The van der Waals surface area contributed by atoms with E-state index in [0.717, 1.165) is 16.7 Å². The zero-order chi connectivity index (χ0) is 23.7. The second-order valence-electron chi connectivity index (χ2n) is 7.99. The van der Waals surface area contributed by atoms with Gasteiger partial charge in [0.15, 0.2) is 17.1 Å². The summed E-state index contributed by atoms with van der Waals surface area (Å²) in [6.07, 6.45) is 0.302. The summed E-state index contributed by atoms with van der Waals surface area (Å²) < 4.78 is 36.3. The molecular weight excluding hydrogens is 439 g/mol. The van der Waals surface area contributed by atoms with Gasteiger partial charge in [0.1, 0.15) is 24.0 Å². The Hall–Kier alpha value is -4.07. The minimum absolute atomic E-state index is 0.226. The molecule has 0 saturated carbocycles. The monoisotopic (exact) mass is 462 g/mol. The van der Waals surface area contributed by atoms with Crippen molar-refractivity contribution in [3.05, 3.63) is 83.2 Å². The van der Waals surface area contributed by atoms with Crippen LogP contribution in [0, 0.1) is 5.82 Å². The van der Waals surface area contributed by atoms with Crippen molar-refractivity contribution in [2.75, 3.05) is 19.1 Å². The Morgan fingerprint density at radius 2 is 1.97 bits per heavy atom. The van der Waals surface area contributed by atoms with Gasteiger partial charge in [0.2, 0.25) is 0 Å². The standard InChI is InChI=1S/C26H23FN2O5/c1-31-22-11-8-17-14-29(26-28-20-10-9-18(27)12-23(20)34-26)21(25(30)32-2)13-19(17)24(22)33-15-16-6-4-3-5-7-16/h3-12,21H,13-15H2,1-2H3. The Morgan fingerprint density at radius 3 is 2.74 bits per heavy atom. The fraction of sp³-hybridized carbons (Fsp3) is 0.231. The van der Waals surface area contributed by atoms with Crippen LogP contribution in [-0.2, 0) is 29.1 Å². The molecule has 0 bridgehead atoms. The largest absolute Gasteiger partial charge is 0.493 e. The van der Waals surface area contributed by atoms with Gasteiger partial charge >= 0.3 is 5.97 Å².